The molecule has 0 aliphatic heterocycles. The highest BCUT2D eigenvalue weighted by molar-refractivity contribution is 7.99. The van der Waals surface area contributed by atoms with Crippen LogP contribution < -0.4 is 5.32 Å². The van der Waals surface area contributed by atoms with Gasteiger partial charge < -0.3 is 5.32 Å². The number of hydrogen-bond donors (Lipinski definition) is 1. The molecule has 0 bridgehead atoms. The van der Waals surface area contributed by atoms with Crippen LogP contribution in [0.4, 0.5) is 0 Å². The molecule has 146 valence electrons. The number of nitrogens with zero attached hydrogens (tertiary/aromatic N) is 3. The van der Waals surface area contributed by atoms with E-state index in [9.17, 15) is 4.79 Å². The lowest BCUT2D eigenvalue weighted by Crippen LogP contribution is -2.23. The Bertz CT molecular complexity index is 891. The lowest BCUT2D eigenvalue weighted by molar-refractivity contribution is -0.121. The Morgan fingerprint density at radius 2 is 1.82 bits per heavy atom. The number of carbonyl (C=O) groups excluding carboxylic acids is 1. The third kappa shape index (κ3) is 5.23. The van der Waals surface area contributed by atoms with Crippen molar-refractivity contribution in [2.45, 2.75) is 38.3 Å². The van der Waals surface area contributed by atoms with E-state index in [0.717, 1.165) is 47.4 Å². The third-order valence-corrected chi connectivity index (χ3v) is 5.32. The van der Waals surface area contributed by atoms with Crippen LogP contribution in [0.2, 0.25) is 0 Å². The van der Waals surface area contributed by atoms with Crippen molar-refractivity contribution in [2.24, 2.45) is 0 Å². The zero-order valence-electron chi connectivity index (χ0n) is 16.4. The normalized spacial score (nSPS) is 10.8. The van der Waals surface area contributed by atoms with Crippen molar-refractivity contribution in [3.8, 4) is 17.1 Å². The third-order valence-electron chi connectivity index (χ3n) is 4.31. The van der Waals surface area contributed by atoms with Gasteiger partial charge in [0.05, 0.1) is 0 Å². The van der Waals surface area contributed by atoms with Gasteiger partial charge in [0.2, 0.25) is 5.91 Å². The van der Waals surface area contributed by atoms with Gasteiger partial charge in [0.25, 0.3) is 0 Å². The average Bonchev–Trinajstić information content (AvgIpc) is 3.14. The summed E-state index contributed by atoms with van der Waals surface area (Å²) in [6.45, 7) is 4.87. The summed E-state index contributed by atoms with van der Waals surface area (Å²) in [5.74, 6) is 1.76. The Morgan fingerprint density at radius 3 is 2.54 bits per heavy atom. The summed E-state index contributed by atoms with van der Waals surface area (Å²) in [4.78, 5) is 11.8. The molecule has 28 heavy (non-hydrogen) atoms. The maximum Gasteiger partial charge on any atom is 0.220 e. The van der Waals surface area contributed by atoms with Gasteiger partial charge in [-0.25, -0.2) is 0 Å². The molecule has 1 aromatic heterocycles. The fraction of sp³-hybridized carbons (Fsp3) is 0.318. The Balaban J connectivity index is 1.76. The predicted molar refractivity (Wildman–Crippen MR) is 115 cm³/mol. The molecular weight excluding hydrogens is 368 g/mol. The molecule has 0 aliphatic rings. The van der Waals surface area contributed by atoms with Crippen molar-refractivity contribution in [3.63, 3.8) is 0 Å². The van der Waals surface area contributed by atoms with Crippen molar-refractivity contribution in [1.29, 1.82) is 0 Å². The molecule has 1 N–H and O–H groups in total. The lowest BCUT2D eigenvalue weighted by Gasteiger charge is -2.10. The first-order valence-corrected chi connectivity index (χ1v) is 10.6. The van der Waals surface area contributed by atoms with Crippen LogP contribution in [0.1, 0.15) is 31.7 Å². The van der Waals surface area contributed by atoms with Gasteiger partial charge in [-0.2, -0.15) is 0 Å². The van der Waals surface area contributed by atoms with Crippen molar-refractivity contribution in [2.75, 3.05) is 12.3 Å². The summed E-state index contributed by atoms with van der Waals surface area (Å²) in [6.07, 6.45) is 2.31. The smallest absolute Gasteiger partial charge is 0.220 e. The maximum absolute atomic E-state index is 11.8. The molecule has 1 heterocycles. The second-order valence-corrected chi connectivity index (χ2v) is 7.71. The maximum atomic E-state index is 11.8. The molecule has 0 unspecified atom stereocenters. The van der Waals surface area contributed by atoms with Gasteiger partial charge in [0, 0.05) is 30.0 Å². The zero-order valence-corrected chi connectivity index (χ0v) is 17.2. The Labute approximate surface area is 170 Å². The number of aromatic nitrogens is 3. The van der Waals surface area contributed by atoms with Gasteiger partial charge >= 0.3 is 0 Å². The molecule has 0 aliphatic carbocycles. The van der Waals surface area contributed by atoms with Crippen LogP contribution in [0, 0.1) is 6.92 Å². The summed E-state index contributed by atoms with van der Waals surface area (Å²) < 4.78 is 2.09. The monoisotopic (exact) mass is 394 g/mol. The van der Waals surface area contributed by atoms with E-state index < -0.39 is 0 Å². The van der Waals surface area contributed by atoms with Gasteiger partial charge in [-0.05, 0) is 31.9 Å². The number of nitrogens with one attached hydrogen (secondary N) is 1. The van der Waals surface area contributed by atoms with Crippen molar-refractivity contribution >= 4 is 17.7 Å². The van der Waals surface area contributed by atoms with E-state index in [1.54, 1.807) is 11.8 Å². The van der Waals surface area contributed by atoms with E-state index in [0.29, 0.717) is 6.42 Å². The van der Waals surface area contributed by atoms with Crippen LogP contribution in [0.25, 0.3) is 17.1 Å². The number of para-hydroxylation sites is 1. The summed E-state index contributed by atoms with van der Waals surface area (Å²) in [7, 11) is 0. The van der Waals surface area contributed by atoms with Crippen LogP contribution in [0.3, 0.4) is 0 Å². The summed E-state index contributed by atoms with van der Waals surface area (Å²) in [5, 5.41) is 12.7. The standard InChI is InChI=1S/C22H26N4OS/c1-3-15-23-20(27)10-7-16-28-22-25-24-21(18-13-11-17(2)12-14-18)26(22)19-8-5-4-6-9-19/h4-6,8-9,11-14H,3,7,10,15-16H2,1-2H3,(H,23,27). The quantitative estimate of drug-likeness (QED) is 0.424. The minimum atomic E-state index is 0.118. The highest BCUT2D eigenvalue weighted by Gasteiger charge is 2.16. The molecule has 0 saturated heterocycles. The van der Waals surface area contributed by atoms with Crippen LogP contribution in [0.5, 0.6) is 0 Å². The van der Waals surface area contributed by atoms with Gasteiger partial charge in [0.15, 0.2) is 11.0 Å². The summed E-state index contributed by atoms with van der Waals surface area (Å²) in [6, 6.07) is 18.5. The van der Waals surface area contributed by atoms with Gasteiger partial charge in [-0.3, -0.25) is 9.36 Å². The molecular formula is C22H26N4OS. The summed E-state index contributed by atoms with van der Waals surface area (Å²) in [5.41, 5.74) is 3.28. The van der Waals surface area contributed by atoms with Gasteiger partial charge in [-0.1, -0.05) is 66.7 Å². The number of aryl methyl sites for hydroxylation is 1. The van der Waals surface area contributed by atoms with E-state index in [-0.39, 0.29) is 5.91 Å². The number of hydrogen-bond acceptors (Lipinski definition) is 4. The van der Waals surface area contributed by atoms with Crippen LogP contribution >= 0.6 is 11.8 Å². The molecule has 0 spiro atoms. The molecule has 0 atom stereocenters. The molecule has 0 radical (unpaired) electrons. The Morgan fingerprint density at radius 1 is 1.07 bits per heavy atom. The van der Waals surface area contributed by atoms with Crippen molar-refractivity contribution in [1.82, 2.24) is 20.1 Å². The molecule has 6 heteroatoms. The minimum absolute atomic E-state index is 0.118. The molecule has 3 rings (SSSR count). The number of rotatable bonds is 9. The first kappa shape index (κ1) is 20.1. The molecule has 3 aromatic rings. The Hall–Kier alpha value is -2.60. The largest absolute Gasteiger partial charge is 0.356 e. The van der Waals surface area contributed by atoms with E-state index in [1.807, 2.05) is 18.2 Å². The number of amides is 1. The predicted octanol–water partition coefficient (Wildman–Crippen LogP) is 4.64. The van der Waals surface area contributed by atoms with E-state index in [1.165, 1.54) is 5.56 Å². The number of carbonyl (C=O) groups is 1. The average molecular weight is 395 g/mol. The fourth-order valence-electron chi connectivity index (χ4n) is 2.81. The van der Waals surface area contributed by atoms with Gasteiger partial charge in [0.1, 0.15) is 0 Å². The SMILES string of the molecule is CCCNC(=O)CCCSc1nnc(-c2ccc(C)cc2)n1-c1ccccc1. The van der Waals surface area contributed by atoms with Crippen LogP contribution in [-0.2, 0) is 4.79 Å². The van der Waals surface area contributed by atoms with Gasteiger partial charge in [-0.15, -0.1) is 10.2 Å². The van der Waals surface area contributed by atoms with Crippen LogP contribution in [0.15, 0.2) is 59.8 Å². The first-order valence-electron chi connectivity index (χ1n) is 9.66. The zero-order chi connectivity index (χ0) is 19.8. The first-order chi connectivity index (χ1) is 13.7. The van der Waals surface area contributed by atoms with E-state index in [4.69, 9.17) is 0 Å². The molecule has 1 amide bonds. The minimum Gasteiger partial charge on any atom is -0.356 e. The van der Waals surface area contributed by atoms with Crippen molar-refractivity contribution < 1.29 is 4.79 Å². The van der Waals surface area contributed by atoms with Crippen molar-refractivity contribution in [3.05, 3.63) is 60.2 Å². The topological polar surface area (TPSA) is 59.8 Å². The highest BCUT2D eigenvalue weighted by atomic mass is 32.2. The number of thioether (sulfide) groups is 1. The fourth-order valence-corrected chi connectivity index (χ4v) is 3.70. The number of benzene rings is 2. The molecule has 2 aromatic carbocycles. The van der Waals surface area contributed by atoms with E-state index in [2.05, 4.69) is 70.3 Å². The molecule has 0 fully saturated rings. The second-order valence-electron chi connectivity index (χ2n) is 6.65. The molecule has 0 saturated carbocycles. The second kappa shape index (κ2) is 10.1. The molecule has 5 nitrogen and oxygen atoms in total. The Kier molecular flexibility index (Phi) is 7.25. The summed E-state index contributed by atoms with van der Waals surface area (Å²) >= 11 is 1.64. The van der Waals surface area contributed by atoms with E-state index >= 15 is 0 Å². The highest BCUT2D eigenvalue weighted by Crippen LogP contribution is 2.28. The van der Waals surface area contributed by atoms with Crippen LogP contribution in [-0.4, -0.2) is 33.0 Å². The lowest BCUT2D eigenvalue weighted by atomic mass is 10.1.